The molecule has 0 unspecified atom stereocenters. The Labute approximate surface area is 206 Å². The lowest BCUT2D eigenvalue weighted by Gasteiger charge is -2.07. The van der Waals surface area contributed by atoms with E-state index in [9.17, 15) is 13.2 Å². The van der Waals surface area contributed by atoms with E-state index in [0.717, 1.165) is 51.7 Å². The number of pyridine rings is 1. The summed E-state index contributed by atoms with van der Waals surface area (Å²) < 4.78 is 27.0. The summed E-state index contributed by atoms with van der Waals surface area (Å²) in [7, 11) is -3.61. The summed E-state index contributed by atoms with van der Waals surface area (Å²) in [5.41, 5.74) is 7.50. The molecule has 0 spiro atoms. The van der Waals surface area contributed by atoms with Crippen LogP contribution in [0.5, 0.6) is 0 Å². The summed E-state index contributed by atoms with van der Waals surface area (Å²) in [6.45, 7) is 7.91. The zero-order chi connectivity index (χ0) is 25.2. The topological polar surface area (TPSA) is 94.3 Å². The molecule has 7 nitrogen and oxygen atoms in total. The normalized spacial score (nSPS) is 11.8. The first-order valence-electron chi connectivity index (χ1n) is 11.8. The van der Waals surface area contributed by atoms with Crippen LogP contribution in [-0.4, -0.2) is 39.3 Å². The van der Waals surface area contributed by atoms with Crippen molar-refractivity contribution < 1.29 is 13.2 Å². The number of aryl methyl sites for hydroxylation is 5. The first-order chi connectivity index (χ1) is 16.7. The highest BCUT2D eigenvalue weighted by molar-refractivity contribution is 7.92. The van der Waals surface area contributed by atoms with Crippen molar-refractivity contribution in [2.45, 2.75) is 58.3 Å². The minimum absolute atomic E-state index is 0.189. The molecule has 0 aliphatic heterocycles. The third-order valence-electron chi connectivity index (χ3n) is 6.02. The maximum absolute atomic E-state index is 12.5. The molecule has 0 atom stereocenters. The number of fused-ring (bicyclic) bond motifs is 1. The van der Waals surface area contributed by atoms with Crippen molar-refractivity contribution in [2.24, 2.45) is 0 Å². The molecule has 0 amide bonds. The fourth-order valence-corrected chi connectivity index (χ4v) is 5.52. The zero-order valence-corrected chi connectivity index (χ0v) is 21.4. The first kappa shape index (κ1) is 24.7. The fourth-order valence-electron chi connectivity index (χ4n) is 4.24. The molecule has 0 N–H and O–H groups in total. The number of imidazole rings is 1. The number of nitrogens with zero attached hydrogens (tertiary/aromatic N) is 4. The standard InChI is InChI=1S/C27H30N4O3S/c1-5-25-26(31-16-19(3)29-20(4)27(31)30-25)21-11-12-22(28-15-21)7-6-8-23(32)17-35(33,34)24-13-9-18(2)10-14-24/h9-16H,5-8,17H2,1-4H3. The number of carbonyl (C=O) groups excluding carboxylic acids is 1. The molecule has 3 heterocycles. The van der Waals surface area contributed by atoms with Crippen LogP contribution in [-0.2, 0) is 27.5 Å². The number of Topliss-reactive ketones (excluding diaryl/α,β-unsaturated/α-hetero) is 1. The van der Waals surface area contributed by atoms with E-state index in [4.69, 9.17) is 4.98 Å². The van der Waals surface area contributed by atoms with E-state index in [1.54, 1.807) is 24.3 Å². The lowest BCUT2D eigenvalue weighted by atomic mass is 10.1. The van der Waals surface area contributed by atoms with Gasteiger partial charge in [-0.2, -0.15) is 0 Å². The van der Waals surface area contributed by atoms with E-state index in [1.807, 2.05) is 45.3 Å². The highest BCUT2D eigenvalue weighted by Crippen LogP contribution is 2.27. The predicted octanol–water partition coefficient (Wildman–Crippen LogP) is 4.64. The van der Waals surface area contributed by atoms with Gasteiger partial charge in [-0.3, -0.25) is 19.2 Å². The third-order valence-corrected chi connectivity index (χ3v) is 7.71. The molecule has 35 heavy (non-hydrogen) atoms. The first-order valence-corrected chi connectivity index (χ1v) is 13.4. The number of sulfone groups is 1. The summed E-state index contributed by atoms with van der Waals surface area (Å²) in [6.07, 6.45) is 5.99. The number of rotatable bonds is 9. The molecule has 0 saturated carbocycles. The van der Waals surface area contributed by atoms with Crippen LogP contribution in [0.2, 0.25) is 0 Å². The molecular formula is C27H30N4O3S. The summed E-state index contributed by atoms with van der Waals surface area (Å²) in [4.78, 5) is 26.4. The molecule has 0 aliphatic rings. The van der Waals surface area contributed by atoms with Gasteiger partial charge in [-0.1, -0.05) is 24.6 Å². The van der Waals surface area contributed by atoms with Gasteiger partial charge >= 0.3 is 0 Å². The Morgan fingerprint density at radius 3 is 2.40 bits per heavy atom. The van der Waals surface area contributed by atoms with E-state index >= 15 is 0 Å². The Morgan fingerprint density at radius 2 is 1.74 bits per heavy atom. The second-order valence-electron chi connectivity index (χ2n) is 8.92. The van der Waals surface area contributed by atoms with Crippen molar-refractivity contribution in [3.63, 3.8) is 0 Å². The molecule has 0 bridgehead atoms. The second kappa shape index (κ2) is 10.1. The number of aromatic nitrogens is 4. The van der Waals surface area contributed by atoms with Gasteiger partial charge in [-0.25, -0.2) is 13.4 Å². The maximum Gasteiger partial charge on any atom is 0.185 e. The Hall–Kier alpha value is -3.39. The number of ketones is 1. The quantitative estimate of drug-likeness (QED) is 0.339. The monoisotopic (exact) mass is 490 g/mol. The Balaban J connectivity index is 1.41. The maximum atomic E-state index is 12.5. The van der Waals surface area contributed by atoms with Crippen LogP contribution in [0.4, 0.5) is 0 Å². The highest BCUT2D eigenvalue weighted by atomic mass is 32.2. The molecule has 4 rings (SSSR count). The van der Waals surface area contributed by atoms with Gasteiger partial charge in [-0.05, 0) is 64.3 Å². The SMILES string of the molecule is CCc1nc2c(C)nc(C)cn2c1-c1ccc(CCCC(=O)CS(=O)(=O)c2ccc(C)cc2)nc1. The Bertz CT molecular complexity index is 1470. The summed E-state index contributed by atoms with van der Waals surface area (Å²) in [5, 5.41) is 0. The lowest BCUT2D eigenvalue weighted by molar-refractivity contribution is -0.116. The number of hydrogen-bond acceptors (Lipinski definition) is 6. The van der Waals surface area contributed by atoms with Gasteiger partial charge < -0.3 is 0 Å². The van der Waals surface area contributed by atoms with Gasteiger partial charge in [0.25, 0.3) is 0 Å². The second-order valence-corrected chi connectivity index (χ2v) is 10.9. The molecule has 0 aliphatic carbocycles. The van der Waals surface area contributed by atoms with Crippen molar-refractivity contribution in [3.05, 3.63) is 77.1 Å². The van der Waals surface area contributed by atoms with Gasteiger partial charge in [-0.15, -0.1) is 0 Å². The van der Waals surface area contributed by atoms with Gasteiger partial charge in [0.15, 0.2) is 15.5 Å². The van der Waals surface area contributed by atoms with Crippen molar-refractivity contribution in [3.8, 4) is 11.3 Å². The van der Waals surface area contributed by atoms with Crippen LogP contribution in [0, 0.1) is 20.8 Å². The number of carbonyl (C=O) groups is 1. The summed E-state index contributed by atoms with van der Waals surface area (Å²) in [5.74, 6) is -0.746. The van der Waals surface area contributed by atoms with E-state index < -0.39 is 15.6 Å². The van der Waals surface area contributed by atoms with E-state index in [-0.39, 0.29) is 17.1 Å². The summed E-state index contributed by atoms with van der Waals surface area (Å²) >= 11 is 0. The molecule has 0 saturated heterocycles. The van der Waals surface area contributed by atoms with Crippen molar-refractivity contribution >= 4 is 21.3 Å². The van der Waals surface area contributed by atoms with Gasteiger partial charge in [0.1, 0.15) is 11.5 Å². The number of benzene rings is 1. The number of hydrogen-bond donors (Lipinski definition) is 0. The van der Waals surface area contributed by atoms with Crippen LogP contribution >= 0.6 is 0 Å². The molecule has 3 aromatic heterocycles. The van der Waals surface area contributed by atoms with Crippen LogP contribution in [0.15, 0.2) is 53.7 Å². The fraction of sp³-hybridized carbons (Fsp3) is 0.333. The molecular weight excluding hydrogens is 460 g/mol. The van der Waals surface area contributed by atoms with Crippen LogP contribution in [0.1, 0.15) is 48.1 Å². The smallest absolute Gasteiger partial charge is 0.185 e. The van der Waals surface area contributed by atoms with E-state index in [0.29, 0.717) is 12.8 Å². The van der Waals surface area contributed by atoms with Gasteiger partial charge in [0.05, 0.1) is 27.7 Å². The molecule has 8 heteroatoms. The molecule has 4 aromatic rings. The minimum atomic E-state index is -3.61. The summed E-state index contributed by atoms with van der Waals surface area (Å²) in [6, 6.07) is 10.6. The Kier molecular flexibility index (Phi) is 7.12. The van der Waals surface area contributed by atoms with Crippen molar-refractivity contribution in [1.82, 2.24) is 19.4 Å². The Morgan fingerprint density at radius 1 is 1.00 bits per heavy atom. The van der Waals surface area contributed by atoms with Crippen molar-refractivity contribution in [2.75, 3.05) is 5.75 Å². The van der Waals surface area contributed by atoms with Crippen LogP contribution in [0.3, 0.4) is 0 Å². The van der Waals surface area contributed by atoms with Crippen molar-refractivity contribution in [1.29, 1.82) is 0 Å². The minimum Gasteiger partial charge on any atom is -0.299 e. The van der Waals surface area contributed by atoms with Crippen LogP contribution in [0.25, 0.3) is 16.9 Å². The highest BCUT2D eigenvalue weighted by Gasteiger charge is 2.19. The average Bonchev–Trinajstić information content (AvgIpc) is 3.18. The zero-order valence-electron chi connectivity index (χ0n) is 20.6. The lowest BCUT2D eigenvalue weighted by Crippen LogP contribution is -2.16. The predicted molar refractivity (Wildman–Crippen MR) is 136 cm³/mol. The molecule has 182 valence electrons. The molecule has 1 aromatic carbocycles. The van der Waals surface area contributed by atoms with E-state index in [2.05, 4.69) is 21.3 Å². The molecule has 0 radical (unpaired) electrons. The van der Waals surface area contributed by atoms with Gasteiger partial charge in [0, 0.05) is 30.1 Å². The van der Waals surface area contributed by atoms with Crippen LogP contribution < -0.4 is 0 Å². The largest absolute Gasteiger partial charge is 0.299 e. The average molecular weight is 491 g/mol. The molecule has 0 fully saturated rings. The van der Waals surface area contributed by atoms with Gasteiger partial charge in [0.2, 0.25) is 0 Å². The third kappa shape index (κ3) is 5.48. The van der Waals surface area contributed by atoms with E-state index in [1.165, 1.54) is 0 Å².